The predicted octanol–water partition coefficient (Wildman–Crippen LogP) is 7.61. The van der Waals surface area contributed by atoms with Crippen LogP contribution < -0.4 is 11.2 Å². The van der Waals surface area contributed by atoms with Crippen LogP contribution in [0, 0.1) is 30.6 Å². The fourth-order valence-electron chi connectivity index (χ4n) is 4.54. The number of unbranched alkanes of at least 4 members (excludes halogenated alkanes) is 18. The maximum atomic E-state index is 11.9. The lowest BCUT2D eigenvalue weighted by molar-refractivity contribution is -0.144. The van der Waals surface area contributed by atoms with E-state index in [0.717, 1.165) is 38.5 Å². The minimum Gasteiger partial charge on any atom is -0.466 e. The number of rotatable bonds is 23. The highest BCUT2D eigenvalue weighted by molar-refractivity contribution is 5.69. The standard InChI is InChI=1S/C34H54N2O4/c1-3-4-5-6-7-8-9-10-11-12-13-14-15-16-17-18-19-20-21-22-23-24-25-26-29-40-32(37)27-28-36-30-31(2)33(38)35-34(36)39/h30H,3-14,19-29H2,1-2H3,(H,35,38,39). The van der Waals surface area contributed by atoms with Crippen LogP contribution in [0.2, 0.25) is 0 Å². The van der Waals surface area contributed by atoms with Crippen LogP contribution in [-0.2, 0) is 16.1 Å². The monoisotopic (exact) mass is 554 g/mol. The van der Waals surface area contributed by atoms with E-state index in [4.69, 9.17) is 4.74 Å². The predicted molar refractivity (Wildman–Crippen MR) is 165 cm³/mol. The van der Waals surface area contributed by atoms with Gasteiger partial charge in [-0.05, 0) is 38.0 Å². The molecule has 6 nitrogen and oxygen atoms in total. The van der Waals surface area contributed by atoms with E-state index in [2.05, 4.69) is 35.6 Å². The van der Waals surface area contributed by atoms with Crippen LogP contribution in [0.25, 0.3) is 0 Å². The third kappa shape index (κ3) is 20.2. The Kier molecular flexibility index (Phi) is 22.3. The number of hydrogen-bond donors (Lipinski definition) is 1. The van der Waals surface area contributed by atoms with Crippen molar-refractivity contribution in [1.29, 1.82) is 0 Å². The summed E-state index contributed by atoms with van der Waals surface area (Å²) in [5.74, 6) is 12.1. The van der Waals surface area contributed by atoms with E-state index in [1.807, 2.05) is 0 Å². The van der Waals surface area contributed by atoms with Crippen LogP contribution in [-0.4, -0.2) is 22.1 Å². The molecule has 40 heavy (non-hydrogen) atoms. The van der Waals surface area contributed by atoms with Gasteiger partial charge in [-0.3, -0.25) is 19.1 Å². The summed E-state index contributed by atoms with van der Waals surface area (Å²) in [5, 5.41) is 0. The van der Waals surface area contributed by atoms with E-state index >= 15 is 0 Å². The van der Waals surface area contributed by atoms with Crippen LogP contribution >= 0.6 is 0 Å². The van der Waals surface area contributed by atoms with Crippen LogP contribution in [0.1, 0.15) is 147 Å². The number of H-pyrrole nitrogens is 1. The van der Waals surface area contributed by atoms with Gasteiger partial charge in [-0.2, -0.15) is 0 Å². The molecule has 0 aliphatic rings. The lowest BCUT2D eigenvalue weighted by Crippen LogP contribution is -2.31. The molecular weight excluding hydrogens is 500 g/mol. The first kappa shape index (κ1) is 35.3. The number of nitrogens with one attached hydrogen (secondary N) is 1. The second-order valence-electron chi connectivity index (χ2n) is 10.8. The summed E-state index contributed by atoms with van der Waals surface area (Å²) in [6.45, 7) is 4.51. The summed E-state index contributed by atoms with van der Waals surface area (Å²) in [6, 6.07) is 0. The van der Waals surface area contributed by atoms with Gasteiger partial charge in [0.25, 0.3) is 5.56 Å². The Hall–Kier alpha value is -2.73. The Labute approximate surface area is 243 Å². The minimum absolute atomic E-state index is 0.110. The van der Waals surface area contributed by atoms with E-state index in [0.29, 0.717) is 12.2 Å². The van der Waals surface area contributed by atoms with Crippen molar-refractivity contribution in [2.75, 3.05) is 6.61 Å². The van der Waals surface area contributed by atoms with Gasteiger partial charge in [-0.1, -0.05) is 115 Å². The molecule has 0 atom stereocenters. The minimum atomic E-state index is -0.505. The molecule has 0 saturated heterocycles. The molecule has 0 aromatic carbocycles. The Morgan fingerprint density at radius 3 is 1.75 bits per heavy atom. The normalized spacial score (nSPS) is 10.4. The number of ether oxygens (including phenoxy) is 1. The Morgan fingerprint density at radius 2 is 1.23 bits per heavy atom. The lowest BCUT2D eigenvalue weighted by atomic mass is 10.1. The smallest absolute Gasteiger partial charge is 0.328 e. The lowest BCUT2D eigenvalue weighted by Gasteiger charge is -2.07. The molecule has 6 heteroatoms. The molecule has 0 radical (unpaired) electrons. The molecular formula is C34H54N2O4. The van der Waals surface area contributed by atoms with Gasteiger partial charge in [0.1, 0.15) is 0 Å². The molecule has 0 spiro atoms. The van der Waals surface area contributed by atoms with E-state index in [1.165, 1.54) is 101 Å². The largest absolute Gasteiger partial charge is 0.466 e. The number of aromatic amines is 1. The average Bonchev–Trinajstić information content (AvgIpc) is 2.94. The fraction of sp³-hybridized carbons (Fsp3) is 0.735. The van der Waals surface area contributed by atoms with Crippen molar-refractivity contribution in [2.45, 2.75) is 155 Å². The van der Waals surface area contributed by atoms with E-state index in [-0.39, 0.29) is 18.9 Å². The van der Waals surface area contributed by atoms with E-state index in [9.17, 15) is 14.4 Å². The molecule has 1 aromatic rings. The zero-order valence-corrected chi connectivity index (χ0v) is 25.4. The van der Waals surface area contributed by atoms with Crippen molar-refractivity contribution in [3.63, 3.8) is 0 Å². The number of aromatic nitrogens is 2. The number of hydrogen-bond acceptors (Lipinski definition) is 4. The number of aryl methyl sites for hydroxylation is 2. The van der Waals surface area contributed by atoms with Crippen molar-refractivity contribution < 1.29 is 9.53 Å². The third-order valence-corrected chi connectivity index (χ3v) is 7.10. The highest BCUT2D eigenvalue weighted by Gasteiger charge is 2.06. The number of esters is 1. The Morgan fingerprint density at radius 1 is 0.750 bits per heavy atom. The van der Waals surface area contributed by atoms with Gasteiger partial charge in [0.15, 0.2) is 0 Å². The molecule has 224 valence electrons. The first-order chi connectivity index (χ1) is 19.5. The number of carbonyl (C=O) groups is 1. The quantitative estimate of drug-likeness (QED) is 0.0857. The van der Waals surface area contributed by atoms with Gasteiger partial charge >= 0.3 is 11.7 Å². The van der Waals surface area contributed by atoms with Crippen molar-refractivity contribution >= 4 is 5.97 Å². The zero-order valence-electron chi connectivity index (χ0n) is 25.4. The molecule has 1 heterocycles. The molecule has 0 aliphatic carbocycles. The van der Waals surface area contributed by atoms with E-state index in [1.54, 1.807) is 6.92 Å². The van der Waals surface area contributed by atoms with Crippen molar-refractivity contribution in [2.24, 2.45) is 0 Å². The maximum Gasteiger partial charge on any atom is 0.328 e. The molecule has 1 N–H and O–H groups in total. The summed E-state index contributed by atoms with van der Waals surface area (Å²) in [7, 11) is 0. The van der Waals surface area contributed by atoms with Crippen LogP contribution in [0.4, 0.5) is 0 Å². The van der Waals surface area contributed by atoms with Gasteiger partial charge in [-0.15, -0.1) is 0 Å². The fourth-order valence-corrected chi connectivity index (χ4v) is 4.54. The Bertz CT molecular complexity index is 1030. The summed E-state index contributed by atoms with van der Waals surface area (Å²) in [5.41, 5.74) is -0.465. The van der Waals surface area contributed by atoms with E-state index < -0.39 is 11.2 Å². The molecule has 1 aromatic heterocycles. The van der Waals surface area contributed by atoms with Crippen molar-refractivity contribution in [1.82, 2.24) is 9.55 Å². The topological polar surface area (TPSA) is 81.2 Å². The molecule has 0 fully saturated rings. The van der Waals surface area contributed by atoms with Crippen molar-refractivity contribution in [3.8, 4) is 23.7 Å². The SMILES string of the molecule is CCCCCCCCCCCCCC#CC#CCCCCCCCCCOC(=O)CCn1cc(C)c(=O)[nH]c1=O. The summed E-state index contributed by atoms with van der Waals surface area (Å²) in [6.07, 6.45) is 26.2. The molecule has 0 aliphatic heterocycles. The molecule has 0 unspecified atom stereocenters. The molecule has 0 saturated carbocycles. The number of carbonyl (C=O) groups excluding carboxylic acids is 1. The molecule has 1 rings (SSSR count). The first-order valence-corrected chi connectivity index (χ1v) is 16.0. The molecule has 0 amide bonds. The van der Waals surface area contributed by atoms with Crippen LogP contribution in [0.15, 0.2) is 15.8 Å². The van der Waals surface area contributed by atoms with Gasteiger partial charge in [0.05, 0.1) is 13.0 Å². The third-order valence-electron chi connectivity index (χ3n) is 7.10. The van der Waals surface area contributed by atoms with Gasteiger partial charge in [-0.25, -0.2) is 4.79 Å². The first-order valence-electron chi connectivity index (χ1n) is 16.0. The maximum absolute atomic E-state index is 11.9. The zero-order chi connectivity index (χ0) is 29.1. The summed E-state index contributed by atoms with van der Waals surface area (Å²) < 4.78 is 6.59. The highest BCUT2D eigenvalue weighted by Crippen LogP contribution is 2.12. The van der Waals surface area contributed by atoms with Gasteiger partial charge in [0, 0.05) is 31.1 Å². The summed E-state index contributed by atoms with van der Waals surface area (Å²) >= 11 is 0. The van der Waals surface area contributed by atoms with Crippen molar-refractivity contribution in [3.05, 3.63) is 32.6 Å². The Balaban J connectivity index is 1.85. The van der Waals surface area contributed by atoms with Crippen LogP contribution in [0.5, 0.6) is 0 Å². The molecule has 0 bridgehead atoms. The summed E-state index contributed by atoms with van der Waals surface area (Å²) in [4.78, 5) is 37.2. The second-order valence-corrected chi connectivity index (χ2v) is 10.8. The van der Waals surface area contributed by atoms with Crippen LogP contribution in [0.3, 0.4) is 0 Å². The highest BCUT2D eigenvalue weighted by atomic mass is 16.5. The average molecular weight is 555 g/mol. The van der Waals surface area contributed by atoms with Gasteiger partial charge in [0.2, 0.25) is 0 Å². The van der Waals surface area contributed by atoms with Gasteiger partial charge < -0.3 is 4.74 Å². The second kappa shape index (κ2) is 25.3. The number of nitrogens with zero attached hydrogens (tertiary/aromatic N) is 1.